The highest BCUT2D eigenvalue weighted by atomic mass is 16.5. The minimum absolute atomic E-state index is 0.171. The zero-order valence-electron chi connectivity index (χ0n) is 11.6. The van der Waals surface area contributed by atoms with E-state index in [1.165, 1.54) is 0 Å². The zero-order valence-corrected chi connectivity index (χ0v) is 11.6. The average Bonchev–Trinajstić information content (AvgIpc) is 2.43. The van der Waals surface area contributed by atoms with Crippen LogP contribution in [0.15, 0.2) is 24.3 Å². The Morgan fingerprint density at radius 3 is 2.32 bits per heavy atom. The highest BCUT2D eigenvalue weighted by Gasteiger charge is 2.00. The van der Waals surface area contributed by atoms with E-state index in [1.54, 1.807) is 21.1 Å². The van der Waals surface area contributed by atoms with E-state index in [4.69, 9.17) is 14.2 Å². The van der Waals surface area contributed by atoms with Crippen LogP contribution in [-0.2, 0) is 9.53 Å². The van der Waals surface area contributed by atoms with E-state index in [-0.39, 0.29) is 5.97 Å². The van der Waals surface area contributed by atoms with Crippen LogP contribution < -0.4 is 9.47 Å². The van der Waals surface area contributed by atoms with E-state index in [0.29, 0.717) is 19.4 Å². The van der Waals surface area contributed by atoms with Crippen molar-refractivity contribution in [3.05, 3.63) is 29.8 Å². The van der Waals surface area contributed by atoms with Crippen molar-refractivity contribution in [3.8, 4) is 11.5 Å². The third kappa shape index (κ3) is 5.46. The predicted octanol–water partition coefficient (Wildman–Crippen LogP) is 3.06. The molecule has 0 radical (unpaired) electrons. The molecule has 4 nitrogen and oxygen atoms in total. The topological polar surface area (TPSA) is 44.8 Å². The maximum absolute atomic E-state index is 11.2. The summed E-state index contributed by atoms with van der Waals surface area (Å²) in [5, 5.41) is 0. The van der Waals surface area contributed by atoms with Crippen molar-refractivity contribution in [1.29, 1.82) is 0 Å². The number of methoxy groups -OCH3 is 2. The van der Waals surface area contributed by atoms with Crippen molar-refractivity contribution in [1.82, 2.24) is 0 Å². The number of allylic oxidation sites excluding steroid dienone is 1. The van der Waals surface area contributed by atoms with Gasteiger partial charge in [0.15, 0.2) is 0 Å². The Balaban J connectivity index is 2.58. The molecule has 0 N–H and O–H groups in total. The van der Waals surface area contributed by atoms with E-state index in [0.717, 1.165) is 17.1 Å². The number of ether oxygens (including phenoxy) is 3. The van der Waals surface area contributed by atoms with Gasteiger partial charge in [0.25, 0.3) is 0 Å². The predicted molar refractivity (Wildman–Crippen MR) is 74.4 cm³/mol. The lowest BCUT2D eigenvalue weighted by Gasteiger charge is -2.05. The summed E-state index contributed by atoms with van der Waals surface area (Å²) in [7, 11) is 3.23. The van der Waals surface area contributed by atoms with Crippen molar-refractivity contribution in [2.45, 2.75) is 19.8 Å². The van der Waals surface area contributed by atoms with E-state index in [1.807, 2.05) is 30.4 Å². The number of hydrogen-bond donors (Lipinski definition) is 0. The molecule has 0 aromatic heterocycles. The average molecular weight is 264 g/mol. The van der Waals surface area contributed by atoms with Crippen molar-refractivity contribution >= 4 is 12.0 Å². The molecule has 0 atom stereocenters. The summed E-state index contributed by atoms with van der Waals surface area (Å²) in [5.41, 5.74) is 0.972. The van der Waals surface area contributed by atoms with Crippen molar-refractivity contribution in [2.24, 2.45) is 0 Å². The Morgan fingerprint density at radius 1 is 1.16 bits per heavy atom. The minimum atomic E-state index is -0.171. The summed E-state index contributed by atoms with van der Waals surface area (Å²) < 4.78 is 15.2. The Morgan fingerprint density at radius 2 is 1.79 bits per heavy atom. The molecule has 0 fully saturated rings. The van der Waals surface area contributed by atoms with Gasteiger partial charge >= 0.3 is 5.97 Å². The van der Waals surface area contributed by atoms with Gasteiger partial charge in [-0.2, -0.15) is 0 Å². The first kappa shape index (κ1) is 15.1. The second-order valence-corrected chi connectivity index (χ2v) is 3.89. The highest BCUT2D eigenvalue weighted by molar-refractivity contribution is 5.69. The molecule has 4 heteroatoms. The standard InChI is InChI=1S/C15H20O4/c1-4-19-15(16)8-6-5-7-12-9-13(17-2)11-14(10-12)18-3/h5,7,9-11H,4,6,8H2,1-3H3. The van der Waals surface area contributed by atoms with Crippen LogP contribution in [0.1, 0.15) is 25.3 Å². The summed E-state index contributed by atoms with van der Waals surface area (Å²) in [6.45, 7) is 2.23. The lowest BCUT2D eigenvalue weighted by Crippen LogP contribution is -2.02. The van der Waals surface area contributed by atoms with Crippen molar-refractivity contribution < 1.29 is 19.0 Å². The molecule has 0 saturated carbocycles. The fourth-order valence-corrected chi connectivity index (χ4v) is 1.58. The number of hydrogen-bond acceptors (Lipinski definition) is 4. The number of benzene rings is 1. The van der Waals surface area contributed by atoms with Crippen LogP contribution >= 0.6 is 0 Å². The molecule has 1 rings (SSSR count). The molecule has 104 valence electrons. The summed E-state index contributed by atoms with van der Waals surface area (Å²) in [4.78, 5) is 11.2. The molecule has 0 unspecified atom stereocenters. The van der Waals surface area contributed by atoms with Gasteiger partial charge < -0.3 is 14.2 Å². The van der Waals surface area contributed by atoms with Crippen LogP contribution in [0, 0.1) is 0 Å². The zero-order chi connectivity index (χ0) is 14.1. The van der Waals surface area contributed by atoms with E-state index >= 15 is 0 Å². The Kier molecular flexibility index (Phi) is 6.50. The molecule has 1 aromatic carbocycles. The number of rotatable bonds is 7. The molecule has 0 bridgehead atoms. The highest BCUT2D eigenvalue weighted by Crippen LogP contribution is 2.23. The van der Waals surface area contributed by atoms with E-state index in [9.17, 15) is 4.79 Å². The van der Waals surface area contributed by atoms with Gasteiger partial charge in [-0.1, -0.05) is 12.2 Å². The van der Waals surface area contributed by atoms with Crippen LogP contribution in [-0.4, -0.2) is 26.8 Å². The Hall–Kier alpha value is -1.97. The number of carbonyl (C=O) groups excluding carboxylic acids is 1. The lowest BCUT2D eigenvalue weighted by molar-refractivity contribution is -0.142. The van der Waals surface area contributed by atoms with E-state index < -0.39 is 0 Å². The summed E-state index contributed by atoms with van der Waals surface area (Å²) in [5.74, 6) is 1.31. The molecule has 0 saturated heterocycles. The quantitative estimate of drug-likeness (QED) is 0.710. The molecule has 0 aliphatic carbocycles. The third-order valence-corrected chi connectivity index (χ3v) is 2.50. The first-order valence-corrected chi connectivity index (χ1v) is 6.24. The maximum atomic E-state index is 11.2. The molecular formula is C15H20O4. The minimum Gasteiger partial charge on any atom is -0.497 e. The van der Waals surface area contributed by atoms with Gasteiger partial charge in [0.2, 0.25) is 0 Å². The van der Waals surface area contributed by atoms with Gasteiger partial charge in [0.1, 0.15) is 11.5 Å². The fraction of sp³-hybridized carbons (Fsp3) is 0.400. The third-order valence-electron chi connectivity index (χ3n) is 2.50. The molecule has 1 aromatic rings. The molecule has 0 amide bonds. The van der Waals surface area contributed by atoms with Gasteiger partial charge in [-0.15, -0.1) is 0 Å². The van der Waals surface area contributed by atoms with Gasteiger partial charge in [-0.3, -0.25) is 4.79 Å². The lowest BCUT2D eigenvalue weighted by atomic mass is 10.1. The van der Waals surface area contributed by atoms with Gasteiger partial charge in [0, 0.05) is 12.5 Å². The normalized spacial score (nSPS) is 10.5. The second-order valence-electron chi connectivity index (χ2n) is 3.89. The summed E-state index contributed by atoms with van der Waals surface area (Å²) in [6, 6.07) is 5.63. The van der Waals surface area contributed by atoms with Gasteiger partial charge in [-0.25, -0.2) is 0 Å². The van der Waals surface area contributed by atoms with Crippen molar-refractivity contribution in [3.63, 3.8) is 0 Å². The van der Waals surface area contributed by atoms with Crippen molar-refractivity contribution in [2.75, 3.05) is 20.8 Å². The summed E-state index contributed by atoms with van der Waals surface area (Å²) >= 11 is 0. The first-order chi connectivity index (χ1) is 9.19. The van der Waals surface area contributed by atoms with Crippen LogP contribution in [0.5, 0.6) is 11.5 Å². The number of carbonyl (C=O) groups is 1. The smallest absolute Gasteiger partial charge is 0.306 e. The van der Waals surface area contributed by atoms with Crippen LogP contribution in [0.4, 0.5) is 0 Å². The largest absolute Gasteiger partial charge is 0.497 e. The first-order valence-electron chi connectivity index (χ1n) is 6.24. The Bertz CT molecular complexity index is 416. The molecule has 0 aliphatic rings. The van der Waals surface area contributed by atoms with Crippen LogP contribution in [0.2, 0.25) is 0 Å². The molecule has 19 heavy (non-hydrogen) atoms. The Labute approximate surface area is 114 Å². The summed E-state index contributed by atoms with van der Waals surface area (Å²) in [6.07, 6.45) is 4.92. The SMILES string of the molecule is CCOC(=O)CCC=Cc1cc(OC)cc(OC)c1. The molecule has 0 aliphatic heterocycles. The second kappa shape index (κ2) is 8.19. The molecule has 0 spiro atoms. The number of esters is 1. The van der Waals surface area contributed by atoms with Gasteiger partial charge in [-0.05, 0) is 31.0 Å². The van der Waals surface area contributed by atoms with Crippen LogP contribution in [0.3, 0.4) is 0 Å². The fourth-order valence-electron chi connectivity index (χ4n) is 1.58. The van der Waals surface area contributed by atoms with Crippen LogP contribution in [0.25, 0.3) is 6.08 Å². The molecule has 0 heterocycles. The van der Waals surface area contributed by atoms with E-state index in [2.05, 4.69) is 0 Å². The molecular weight excluding hydrogens is 244 g/mol. The monoisotopic (exact) mass is 264 g/mol. The maximum Gasteiger partial charge on any atom is 0.306 e. The van der Waals surface area contributed by atoms with Gasteiger partial charge in [0.05, 0.1) is 20.8 Å².